The van der Waals surface area contributed by atoms with Crippen molar-refractivity contribution >= 4 is 16.9 Å². The Labute approximate surface area is 182 Å². The number of amides is 1. The first kappa shape index (κ1) is 20.7. The van der Waals surface area contributed by atoms with Crippen LogP contribution in [0.3, 0.4) is 0 Å². The second kappa shape index (κ2) is 9.94. The van der Waals surface area contributed by atoms with E-state index in [1.165, 1.54) is 5.56 Å². The fourth-order valence-electron chi connectivity index (χ4n) is 3.59. The van der Waals surface area contributed by atoms with E-state index in [2.05, 4.69) is 35.0 Å². The lowest BCUT2D eigenvalue weighted by Crippen LogP contribution is -2.26. The van der Waals surface area contributed by atoms with E-state index in [1.807, 2.05) is 60.7 Å². The first-order valence-corrected chi connectivity index (χ1v) is 10.7. The number of aryl methyl sites for hydroxylation is 2. The first-order chi connectivity index (χ1) is 15.2. The minimum absolute atomic E-state index is 0.0604. The molecule has 0 saturated heterocycles. The summed E-state index contributed by atoms with van der Waals surface area (Å²) in [5.41, 5.74) is 3.99. The van der Waals surface area contributed by atoms with E-state index in [1.54, 1.807) is 0 Å². The summed E-state index contributed by atoms with van der Waals surface area (Å²) in [6, 6.07) is 25.5. The van der Waals surface area contributed by atoms with E-state index in [4.69, 9.17) is 9.72 Å². The summed E-state index contributed by atoms with van der Waals surface area (Å²) in [6.07, 6.45) is 1.55. The Hall–Kier alpha value is -3.60. The van der Waals surface area contributed by atoms with Crippen LogP contribution in [-0.4, -0.2) is 28.6 Å². The van der Waals surface area contributed by atoms with Gasteiger partial charge in [-0.25, -0.2) is 4.98 Å². The van der Waals surface area contributed by atoms with Crippen molar-refractivity contribution in [2.24, 2.45) is 0 Å². The Morgan fingerprint density at radius 1 is 0.968 bits per heavy atom. The number of imidazole rings is 1. The lowest BCUT2D eigenvalue weighted by atomic mass is 10.2. The molecule has 0 unspecified atom stereocenters. The summed E-state index contributed by atoms with van der Waals surface area (Å²) in [4.78, 5) is 17.1. The number of nitrogens with zero attached hydrogens (tertiary/aromatic N) is 2. The van der Waals surface area contributed by atoms with Crippen LogP contribution in [0, 0.1) is 6.92 Å². The zero-order valence-electron chi connectivity index (χ0n) is 17.8. The Morgan fingerprint density at radius 2 is 1.71 bits per heavy atom. The highest BCUT2D eigenvalue weighted by molar-refractivity contribution is 5.94. The number of hydrogen-bond donors (Lipinski definition) is 1. The van der Waals surface area contributed by atoms with Gasteiger partial charge in [0.1, 0.15) is 11.6 Å². The SMILES string of the molecule is Cc1ccc(OCCCn2c(CCNC(=O)c3ccccc3)nc3ccccc32)cc1. The van der Waals surface area contributed by atoms with Gasteiger partial charge in [-0.3, -0.25) is 4.79 Å². The van der Waals surface area contributed by atoms with Gasteiger partial charge >= 0.3 is 0 Å². The highest BCUT2D eigenvalue weighted by atomic mass is 16.5. The van der Waals surface area contributed by atoms with E-state index in [0.717, 1.165) is 35.6 Å². The molecule has 4 rings (SSSR count). The van der Waals surface area contributed by atoms with Crippen LogP contribution in [0.5, 0.6) is 5.75 Å². The Balaban J connectivity index is 1.37. The maximum atomic E-state index is 12.3. The van der Waals surface area contributed by atoms with E-state index in [0.29, 0.717) is 25.1 Å². The van der Waals surface area contributed by atoms with Crippen molar-refractivity contribution in [2.45, 2.75) is 26.3 Å². The Morgan fingerprint density at radius 3 is 2.52 bits per heavy atom. The molecule has 0 aliphatic heterocycles. The number of carbonyl (C=O) groups is 1. The average Bonchev–Trinajstić information content (AvgIpc) is 3.16. The van der Waals surface area contributed by atoms with Crippen molar-refractivity contribution in [3.63, 3.8) is 0 Å². The van der Waals surface area contributed by atoms with Crippen LogP contribution in [-0.2, 0) is 13.0 Å². The third-order valence-electron chi connectivity index (χ3n) is 5.22. The lowest BCUT2D eigenvalue weighted by molar-refractivity contribution is 0.0954. The molecule has 31 heavy (non-hydrogen) atoms. The fourth-order valence-corrected chi connectivity index (χ4v) is 3.59. The molecule has 3 aromatic carbocycles. The van der Waals surface area contributed by atoms with Crippen molar-refractivity contribution in [3.8, 4) is 5.75 Å². The third-order valence-corrected chi connectivity index (χ3v) is 5.22. The molecule has 0 fully saturated rings. The number of nitrogens with one attached hydrogen (secondary N) is 1. The second-order valence-electron chi connectivity index (χ2n) is 7.56. The van der Waals surface area contributed by atoms with Crippen LogP contribution < -0.4 is 10.1 Å². The summed E-state index contributed by atoms with van der Waals surface area (Å²) in [5, 5.41) is 3.00. The van der Waals surface area contributed by atoms with E-state index < -0.39 is 0 Å². The number of ether oxygens (including phenoxy) is 1. The number of fused-ring (bicyclic) bond motifs is 1. The molecular weight excluding hydrogens is 386 g/mol. The molecule has 5 nitrogen and oxygen atoms in total. The van der Waals surface area contributed by atoms with Crippen molar-refractivity contribution in [3.05, 3.63) is 95.8 Å². The molecule has 1 aromatic heterocycles. The minimum atomic E-state index is -0.0604. The molecule has 0 aliphatic rings. The highest BCUT2D eigenvalue weighted by Gasteiger charge is 2.11. The molecule has 0 saturated carbocycles. The van der Waals surface area contributed by atoms with Crippen molar-refractivity contribution < 1.29 is 9.53 Å². The second-order valence-corrected chi connectivity index (χ2v) is 7.56. The van der Waals surface area contributed by atoms with Gasteiger partial charge in [-0.15, -0.1) is 0 Å². The van der Waals surface area contributed by atoms with Gasteiger partial charge < -0.3 is 14.6 Å². The summed E-state index contributed by atoms with van der Waals surface area (Å²) in [7, 11) is 0. The largest absolute Gasteiger partial charge is 0.494 e. The molecule has 1 heterocycles. The standard InChI is InChI=1S/C26H27N3O2/c1-20-12-14-22(15-13-20)31-19-7-18-29-24-11-6-5-10-23(24)28-25(29)16-17-27-26(30)21-8-3-2-4-9-21/h2-6,8-15H,7,16-19H2,1H3,(H,27,30). The topological polar surface area (TPSA) is 56.1 Å². The van der Waals surface area contributed by atoms with Gasteiger partial charge in [0, 0.05) is 25.1 Å². The summed E-state index contributed by atoms with van der Waals surface area (Å²) in [6.45, 7) is 4.06. The number of rotatable bonds is 9. The van der Waals surface area contributed by atoms with Crippen LogP contribution in [0.1, 0.15) is 28.2 Å². The van der Waals surface area contributed by atoms with Crippen molar-refractivity contribution in [1.82, 2.24) is 14.9 Å². The van der Waals surface area contributed by atoms with Gasteiger partial charge in [0.25, 0.3) is 5.91 Å². The first-order valence-electron chi connectivity index (χ1n) is 10.7. The molecule has 0 spiro atoms. The third kappa shape index (κ3) is 5.31. The number of benzene rings is 3. The van der Waals surface area contributed by atoms with Gasteiger partial charge in [0.05, 0.1) is 17.6 Å². The van der Waals surface area contributed by atoms with Crippen molar-refractivity contribution in [1.29, 1.82) is 0 Å². The maximum absolute atomic E-state index is 12.3. The molecular formula is C26H27N3O2. The normalized spacial score (nSPS) is 10.9. The summed E-state index contributed by atoms with van der Waals surface area (Å²) >= 11 is 0. The predicted molar refractivity (Wildman–Crippen MR) is 124 cm³/mol. The Bertz CT molecular complexity index is 1130. The molecule has 0 radical (unpaired) electrons. The van der Waals surface area contributed by atoms with Gasteiger partial charge in [-0.05, 0) is 49.7 Å². The molecule has 1 amide bonds. The number of carbonyl (C=O) groups excluding carboxylic acids is 1. The Kier molecular flexibility index (Phi) is 6.62. The van der Waals surface area contributed by atoms with Gasteiger partial charge in [0.15, 0.2) is 0 Å². The molecule has 4 aromatic rings. The van der Waals surface area contributed by atoms with E-state index in [9.17, 15) is 4.79 Å². The molecule has 158 valence electrons. The molecule has 5 heteroatoms. The number of para-hydroxylation sites is 2. The molecule has 0 atom stereocenters. The highest BCUT2D eigenvalue weighted by Crippen LogP contribution is 2.18. The summed E-state index contributed by atoms with van der Waals surface area (Å²) in [5.74, 6) is 1.81. The monoisotopic (exact) mass is 413 g/mol. The van der Waals surface area contributed by atoms with Crippen LogP contribution >= 0.6 is 0 Å². The lowest BCUT2D eigenvalue weighted by Gasteiger charge is -2.11. The smallest absolute Gasteiger partial charge is 0.251 e. The molecule has 0 bridgehead atoms. The molecule has 1 N–H and O–H groups in total. The van der Waals surface area contributed by atoms with Gasteiger partial charge in [-0.1, -0.05) is 48.0 Å². The zero-order valence-corrected chi connectivity index (χ0v) is 17.8. The quantitative estimate of drug-likeness (QED) is 0.402. The maximum Gasteiger partial charge on any atom is 0.251 e. The minimum Gasteiger partial charge on any atom is -0.494 e. The average molecular weight is 414 g/mol. The van der Waals surface area contributed by atoms with Gasteiger partial charge in [-0.2, -0.15) is 0 Å². The zero-order chi connectivity index (χ0) is 21.5. The number of hydrogen-bond acceptors (Lipinski definition) is 3. The van der Waals surface area contributed by atoms with Crippen LogP contribution in [0.15, 0.2) is 78.9 Å². The van der Waals surface area contributed by atoms with Crippen LogP contribution in [0.25, 0.3) is 11.0 Å². The number of aromatic nitrogens is 2. The van der Waals surface area contributed by atoms with E-state index >= 15 is 0 Å². The van der Waals surface area contributed by atoms with Gasteiger partial charge in [0.2, 0.25) is 0 Å². The van der Waals surface area contributed by atoms with Crippen LogP contribution in [0.2, 0.25) is 0 Å². The molecule has 0 aliphatic carbocycles. The van der Waals surface area contributed by atoms with E-state index in [-0.39, 0.29) is 5.91 Å². The summed E-state index contributed by atoms with van der Waals surface area (Å²) < 4.78 is 8.12. The predicted octanol–water partition coefficient (Wildman–Crippen LogP) is 4.79. The van der Waals surface area contributed by atoms with Crippen molar-refractivity contribution in [2.75, 3.05) is 13.2 Å². The fraction of sp³-hybridized carbons (Fsp3) is 0.231. The van der Waals surface area contributed by atoms with Crippen LogP contribution in [0.4, 0.5) is 0 Å².